The number of carboxylic acid groups (broad SMARTS) is 1. The lowest BCUT2D eigenvalue weighted by atomic mass is 10.1. The van der Waals surface area contributed by atoms with Gasteiger partial charge in [0, 0.05) is 42.8 Å². The van der Waals surface area contributed by atoms with Crippen molar-refractivity contribution in [3.05, 3.63) is 65.2 Å². The highest BCUT2D eigenvalue weighted by Gasteiger charge is 2.70. The molecular weight excluding hydrogens is 473 g/mol. The zero-order chi connectivity index (χ0) is 22.2. The molecule has 174 valence electrons. The number of carboxylic acids is 1. The van der Waals surface area contributed by atoms with Crippen LogP contribution >= 0.6 is 24.0 Å². The van der Waals surface area contributed by atoms with Gasteiger partial charge in [0.1, 0.15) is 5.54 Å². The Bertz CT molecular complexity index is 1050. The third kappa shape index (κ3) is 4.61. The Morgan fingerprint density at radius 3 is 2.34 bits per heavy atom. The normalized spacial score (nSPS) is 26.1. The summed E-state index contributed by atoms with van der Waals surface area (Å²) in [5.74, 6) is -1.90. The van der Waals surface area contributed by atoms with Gasteiger partial charge in [-0.2, -0.15) is 17.4 Å². The van der Waals surface area contributed by atoms with Crippen LogP contribution in [-0.2, 0) is 15.0 Å². The lowest BCUT2D eigenvalue weighted by molar-refractivity contribution is -0.140. The first kappa shape index (κ1) is 24.8. The molecule has 32 heavy (non-hydrogen) atoms. The van der Waals surface area contributed by atoms with Crippen LogP contribution in [0.3, 0.4) is 0 Å². The second-order valence-corrected chi connectivity index (χ2v) is 10.3. The summed E-state index contributed by atoms with van der Waals surface area (Å²) < 4.78 is 30.4. The average Bonchev–Trinajstić information content (AvgIpc) is 3.41. The molecular formula is C22H27Cl2N3O4S. The quantitative estimate of drug-likeness (QED) is 0.635. The van der Waals surface area contributed by atoms with Crippen LogP contribution < -0.4 is 9.62 Å². The van der Waals surface area contributed by atoms with E-state index in [0.29, 0.717) is 31.1 Å². The number of aliphatic carboxylic acids is 1. The van der Waals surface area contributed by atoms with E-state index in [1.54, 1.807) is 6.92 Å². The molecule has 0 bridgehead atoms. The van der Waals surface area contributed by atoms with Crippen molar-refractivity contribution in [3.63, 3.8) is 0 Å². The van der Waals surface area contributed by atoms with Crippen molar-refractivity contribution in [2.24, 2.45) is 5.92 Å². The van der Waals surface area contributed by atoms with Crippen LogP contribution in [0, 0.1) is 5.92 Å². The van der Waals surface area contributed by atoms with Gasteiger partial charge in [-0.3, -0.25) is 4.79 Å². The monoisotopic (exact) mass is 499 g/mol. The molecule has 0 radical (unpaired) electrons. The van der Waals surface area contributed by atoms with E-state index in [9.17, 15) is 18.3 Å². The van der Waals surface area contributed by atoms with Crippen LogP contribution in [0.2, 0.25) is 5.02 Å². The van der Waals surface area contributed by atoms with E-state index in [1.165, 1.54) is 4.31 Å². The molecule has 0 aromatic heterocycles. The Labute approximate surface area is 200 Å². The Balaban J connectivity index is 0.00000289. The molecule has 2 aromatic carbocycles. The fraction of sp³-hybridized carbons (Fsp3) is 0.409. The van der Waals surface area contributed by atoms with Gasteiger partial charge in [0.2, 0.25) is 0 Å². The number of rotatable bonds is 6. The molecule has 1 aliphatic heterocycles. The molecule has 4 rings (SSSR count). The summed E-state index contributed by atoms with van der Waals surface area (Å²) >= 11 is 5.96. The van der Waals surface area contributed by atoms with Crippen molar-refractivity contribution in [1.82, 2.24) is 9.03 Å². The maximum atomic E-state index is 13.2. The van der Waals surface area contributed by atoms with Gasteiger partial charge in [0.05, 0.1) is 0 Å². The molecule has 2 fully saturated rings. The number of halogens is 2. The van der Waals surface area contributed by atoms with E-state index in [4.69, 9.17) is 11.6 Å². The molecule has 0 spiro atoms. The number of nitrogens with one attached hydrogen (secondary N) is 1. The molecule has 0 amide bonds. The standard InChI is InChI=1S/C22H26ClN3O4S.ClH/c1-16-20(17-6-3-2-4-7-17)22(16,21(27)28)24-31(29,30)26-13-5-12-25(14-15-26)19-10-8-18(23)9-11-19;/h2-4,6-11,16,20,24H,5,12-15H2,1H3,(H,27,28);1H/t16?,20-,22+;/m1./s1. The molecule has 1 saturated heterocycles. The third-order valence-electron chi connectivity index (χ3n) is 6.40. The number of anilines is 1. The first-order chi connectivity index (χ1) is 14.8. The number of carbonyl (C=O) groups is 1. The maximum absolute atomic E-state index is 13.2. The van der Waals surface area contributed by atoms with E-state index in [1.807, 2.05) is 54.6 Å². The van der Waals surface area contributed by atoms with E-state index < -0.39 is 27.6 Å². The minimum atomic E-state index is -3.98. The van der Waals surface area contributed by atoms with Gasteiger partial charge in [0.15, 0.2) is 0 Å². The predicted molar refractivity (Wildman–Crippen MR) is 128 cm³/mol. The second kappa shape index (κ2) is 9.57. The SMILES string of the molecule is CC1[C@H](c2ccccc2)[C@]1(NS(=O)(=O)N1CCCN(c2ccc(Cl)cc2)CC1)C(=O)O.Cl. The van der Waals surface area contributed by atoms with Crippen molar-refractivity contribution >= 4 is 45.9 Å². The van der Waals surface area contributed by atoms with E-state index in [2.05, 4.69) is 9.62 Å². The van der Waals surface area contributed by atoms with E-state index in [0.717, 1.165) is 11.3 Å². The molecule has 2 N–H and O–H groups in total. The summed E-state index contributed by atoms with van der Waals surface area (Å²) in [6.07, 6.45) is 0.640. The van der Waals surface area contributed by atoms with Crippen LogP contribution in [0.15, 0.2) is 54.6 Å². The summed E-state index contributed by atoms with van der Waals surface area (Å²) in [5.41, 5.74) is 0.283. The molecule has 1 heterocycles. The Hall–Kier alpha value is -1.84. The smallest absolute Gasteiger partial charge is 0.325 e. The zero-order valence-corrected chi connectivity index (χ0v) is 20.0. The summed E-state index contributed by atoms with van der Waals surface area (Å²) in [4.78, 5) is 14.3. The molecule has 1 unspecified atom stereocenters. The van der Waals surface area contributed by atoms with Crippen LogP contribution in [-0.4, -0.2) is 55.5 Å². The summed E-state index contributed by atoms with van der Waals surface area (Å²) in [6, 6.07) is 16.7. The minimum absolute atomic E-state index is 0. The highest BCUT2D eigenvalue weighted by molar-refractivity contribution is 7.87. The topological polar surface area (TPSA) is 90.0 Å². The van der Waals surface area contributed by atoms with Gasteiger partial charge < -0.3 is 10.0 Å². The third-order valence-corrected chi connectivity index (χ3v) is 8.29. The van der Waals surface area contributed by atoms with Gasteiger partial charge >= 0.3 is 5.97 Å². The van der Waals surface area contributed by atoms with Crippen LogP contribution in [0.5, 0.6) is 0 Å². The number of hydrogen-bond acceptors (Lipinski definition) is 4. The van der Waals surface area contributed by atoms with E-state index in [-0.39, 0.29) is 24.9 Å². The van der Waals surface area contributed by atoms with Gasteiger partial charge in [0.25, 0.3) is 10.2 Å². The largest absolute Gasteiger partial charge is 0.480 e. The van der Waals surface area contributed by atoms with Gasteiger partial charge in [-0.1, -0.05) is 48.9 Å². The Morgan fingerprint density at radius 1 is 1.06 bits per heavy atom. The van der Waals surface area contributed by atoms with Gasteiger partial charge in [-0.15, -0.1) is 12.4 Å². The van der Waals surface area contributed by atoms with Crippen molar-refractivity contribution < 1.29 is 18.3 Å². The van der Waals surface area contributed by atoms with E-state index >= 15 is 0 Å². The fourth-order valence-corrected chi connectivity index (χ4v) is 6.40. The zero-order valence-electron chi connectivity index (χ0n) is 17.6. The first-order valence-corrected chi connectivity index (χ1v) is 12.2. The lowest BCUT2D eigenvalue weighted by Crippen LogP contribution is -2.52. The Morgan fingerprint density at radius 2 is 1.72 bits per heavy atom. The van der Waals surface area contributed by atoms with Gasteiger partial charge in [-0.05, 0) is 42.2 Å². The average molecular weight is 500 g/mol. The van der Waals surface area contributed by atoms with Crippen molar-refractivity contribution in [2.45, 2.75) is 24.8 Å². The molecule has 3 atom stereocenters. The minimum Gasteiger partial charge on any atom is -0.480 e. The molecule has 10 heteroatoms. The Kier molecular flexibility index (Phi) is 7.41. The number of nitrogens with zero attached hydrogens (tertiary/aromatic N) is 2. The molecule has 2 aromatic rings. The molecule has 1 saturated carbocycles. The van der Waals surface area contributed by atoms with Crippen LogP contribution in [0.1, 0.15) is 24.8 Å². The highest BCUT2D eigenvalue weighted by Crippen LogP contribution is 2.57. The van der Waals surface area contributed by atoms with Gasteiger partial charge in [-0.25, -0.2) is 0 Å². The number of benzene rings is 2. The summed E-state index contributed by atoms with van der Waals surface area (Å²) in [7, 11) is -3.98. The maximum Gasteiger partial charge on any atom is 0.325 e. The molecule has 1 aliphatic carbocycles. The lowest BCUT2D eigenvalue weighted by Gasteiger charge is -2.25. The van der Waals surface area contributed by atoms with Crippen molar-refractivity contribution in [3.8, 4) is 0 Å². The summed E-state index contributed by atoms with van der Waals surface area (Å²) in [5, 5.41) is 10.6. The van der Waals surface area contributed by atoms with Crippen molar-refractivity contribution in [1.29, 1.82) is 0 Å². The first-order valence-electron chi connectivity index (χ1n) is 10.3. The molecule has 2 aliphatic rings. The predicted octanol–water partition coefficient (Wildman–Crippen LogP) is 3.37. The van der Waals surface area contributed by atoms with Crippen molar-refractivity contribution in [2.75, 3.05) is 31.1 Å². The highest BCUT2D eigenvalue weighted by atomic mass is 35.5. The summed E-state index contributed by atoms with van der Waals surface area (Å²) in [6.45, 7) is 3.61. The van der Waals surface area contributed by atoms with Crippen LogP contribution in [0.25, 0.3) is 0 Å². The number of hydrogen-bond donors (Lipinski definition) is 2. The fourth-order valence-electron chi connectivity index (χ4n) is 4.62. The second-order valence-electron chi connectivity index (χ2n) is 8.17. The van der Waals surface area contributed by atoms with Crippen LogP contribution in [0.4, 0.5) is 5.69 Å². The molecule has 7 nitrogen and oxygen atoms in total.